The van der Waals surface area contributed by atoms with Crippen LogP contribution in [0.4, 0.5) is 17.1 Å². The molecule has 3 heteroatoms. The predicted octanol–water partition coefficient (Wildman–Crippen LogP) is 19.5. The molecule has 0 saturated heterocycles. The fourth-order valence-electron chi connectivity index (χ4n) is 13.3. The Morgan fingerprint density at radius 2 is 0.892 bits per heavy atom. The third kappa shape index (κ3) is 5.65. The largest absolute Gasteiger partial charge is 0.309 e. The molecular formula is C71H44N2S. The molecule has 1 aliphatic heterocycles. The lowest BCUT2D eigenvalue weighted by atomic mass is 9.65. The van der Waals surface area contributed by atoms with Crippen molar-refractivity contribution in [3.05, 3.63) is 289 Å². The molecule has 1 aliphatic carbocycles. The van der Waals surface area contributed by atoms with Crippen LogP contribution in [0.2, 0.25) is 0 Å². The minimum Gasteiger partial charge on any atom is -0.309 e. The number of thiophene rings is 1. The molecule has 1 spiro atoms. The predicted molar refractivity (Wildman–Crippen MR) is 313 cm³/mol. The number of para-hydroxylation sites is 4. The van der Waals surface area contributed by atoms with Crippen LogP contribution in [0.15, 0.2) is 267 Å². The van der Waals surface area contributed by atoms with Gasteiger partial charge in [0, 0.05) is 47.8 Å². The Labute approximate surface area is 432 Å². The average Bonchev–Trinajstić information content (AvgIpc) is 4.20. The fraction of sp³-hybridized carbons (Fsp3) is 0.0141. The summed E-state index contributed by atoms with van der Waals surface area (Å²) < 4.78 is 5.16. The van der Waals surface area contributed by atoms with Crippen LogP contribution in [-0.4, -0.2) is 4.57 Å². The second-order valence-electron chi connectivity index (χ2n) is 19.8. The van der Waals surface area contributed by atoms with Crippen LogP contribution in [0.25, 0.3) is 103 Å². The van der Waals surface area contributed by atoms with Gasteiger partial charge in [-0.15, -0.1) is 11.3 Å². The van der Waals surface area contributed by atoms with Gasteiger partial charge in [0.1, 0.15) is 0 Å². The van der Waals surface area contributed by atoms with Crippen LogP contribution in [0.3, 0.4) is 0 Å². The number of benzene rings is 12. The Bertz CT molecular complexity index is 4620. The molecule has 2 aliphatic rings. The van der Waals surface area contributed by atoms with Crippen molar-refractivity contribution in [3.8, 4) is 50.2 Å². The highest BCUT2D eigenvalue weighted by Gasteiger charge is 2.51. The van der Waals surface area contributed by atoms with Crippen LogP contribution in [0, 0.1) is 0 Å². The van der Waals surface area contributed by atoms with E-state index in [-0.39, 0.29) is 0 Å². The molecular weight excluding hydrogens is 913 g/mol. The molecule has 3 heterocycles. The third-order valence-corrected chi connectivity index (χ3v) is 17.4. The van der Waals surface area contributed by atoms with Gasteiger partial charge in [0.2, 0.25) is 0 Å². The number of hydrogen-bond acceptors (Lipinski definition) is 2. The summed E-state index contributed by atoms with van der Waals surface area (Å²) in [6.45, 7) is 0. The minimum absolute atomic E-state index is 0.596. The lowest BCUT2D eigenvalue weighted by Gasteiger charge is -2.39. The highest BCUT2D eigenvalue weighted by molar-refractivity contribution is 7.26. The summed E-state index contributed by atoms with van der Waals surface area (Å²) in [6, 6.07) is 99.8. The van der Waals surface area contributed by atoms with E-state index in [1.807, 2.05) is 11.3 Å². The topological polar surface area (TPSA) is 8.17 Å². The second kappa shape index (κ2) is 15.9. The molecule has 0 radical (unpaired) electrons. The summed E-state index contributed by atoms with van der Waals surface area (Å²) in [4.78, 5) is 2.56. The fourth-order valence-corrected chi connectivity index (χ4v) is 14.5. The molecule has 0 N–H and O–H groups in total. The maximum absolute atomic E-state index is 2.56. The maximum Gasteiger partial charge on any atom is 0.0755 e. The average molecular weight is 957 g/mol. The Morgan fingerprint density at radius 1 is 0.338 bits per heavy atom. The van der Waals surface area contributed by atoms with Crippen LogP contribution >= 0.6 is 11.3 Å². The Kier molecular flexibility index (Phi) is 8.86. The lowest BCUT2D eigenvalue weighted by molar-refractivity contribution is 0.748. The Morgan fingerprint density at radius 3 is 1.77 bits per heavy atom. The van der Waals surface area contributed by atoms with Gasteiger partial charge < -0.3 is 9.47 Å². The second-order valence-corrected chi connectivity index (χ2v) is 20.9. The zero-order chi connectivity index (χ0) is 48.5. The Hall–Kier alpha value is -9.28. The van der Waals surface area contributed by atoms with Gasteiger partial charge in [0.15, 0.2) is 0 Å². The monoisotopic (exact) mass is 956 g/mol. The highest BCUT2D eigenvalue weighted by atomic mass is 32.1. The first-order chi connectivity index (χ1) is 36.8. The molecule has 74 heavy (non-hydrogen) atoms. The summed E-state index contributed by atoms with van der Waals surface area (Å²) in [5.74, 6) is 0. The van der Waals surface area contributed by atoms with Crippen molar-refractivity contribution < 1.29 is 0 Å². The van der Waals surface area contributed by atoms with E-state index >= 15 is 0 Å². The first kappa shape index (κ1) is 41.3. The molecule has 1 unspecified atom stereocenters. The van der Waals surface area contributed by atoms with Gasteiger partial charge in [-0.2, -0.15) is 0 Å². The van der Waals surface area contributed by atoms with Crippen molar-refractivity contribution >= 4 is 81.1 Å². The number of rotatable bonds is 6. The standard InChI is InChI=1S/C71H44N2S/c1-2-21-48-45(19-1)20-15-29-50(48)51-22-3-4-23-52(51)53-24-6-11-36-63(53)72(47-43-41-46(42-44-47)49-28-16-31-57-55-26-8-14-40-67(55)74-70(49)57)66-39-18-34-61-68(66)58-27-5-9-32-59(58)71(61)60-33-10-13-38-65(60)73-64-37-12-7-25-54(64)56-30-17-35-62(71)69(56)73/h1-44H. The van der Waals surface area contributed by atoms with Crippen molar-refractivity contribution in [1.29, 1.82) is 0 Å². The van der Waals surface area contributed by atoms with E-state index in [4.69, 9.17) is 0 Å². The zero-order valence-corrected chi connectivity index (χ0v) is 41.0. The lowest BCUT2D eigenvalue weighted by Crippen LogP contribution is -2.33. The molecule has 16 rings (SSSR count). The van der Waals surface area contributed by atoms with Gasteiger partial charge in [-0.05, 0) is 109 Å². The molecule has 1 atom stereocenters. The molecule has 344 valence electrons. The van der Waals surface area contributed by atoms with E-state index < -0.39 is 5.41 Å². The van der Waals surface area contributed by atoms with Crippen LogP contribution in [0.5, 0.6) is 0 Å². The van der Waals surface area contributed by atoms with Gasteiger partial charge in [0.05, 0.1) is 33.5 Å². The summed E-state index contributed by atoms with van der Waals surface area (Å²) in [5.41, 5.74) is 21.4. The molecule has 0 amide bonds. The number of nitrogens with zero attached hydrogens (tertiary/aromatic N) is 2. The van der Waals surface area contributed by atoms with Gasteiger partial charge in [-0.1, -0.05) is 224 Å². The van der Waals surface area contributed by atoms with Gasteiger partial charge in [-0.25, -0.2) is 0 Å². The third-order valence-electron chi connectivity index (χ3n) is 16.2. The minimum atomic E-state index is -0.596. The molecule has 0 bridgehead atoms. The van der Waals surface area contributed by atoms with Gasteiger partial charge >= 0.3 is 0 Å². The summed E-state index contributed by atoms with van der Waals surface area (Å²) in [6.07, 6.45) is 0. The van der Waals surface area contributed by atoms with Crippen molar-refractivity contribution in [2.24, 2.45) is 0 Å². The first-order valence-electron chi connectivity index (χ1n) is 25.6. The quantitative estimate of drug-likeness (QED) is 0.161. The highest BCUT2D eigenvalue weighted by Crippen LogP contribution is 2.63. The van der Waals surface area contributed by atoms with Crippen LogP contribution in [-0.2, 0) is 5.41 Å². The van der Waals surface area contributed by atoms with Crippen molar-refractivity contribution in [3.63, 3.8) is 0 Å². The van der Waals surface area contributed by atoms with Crippen LogP contribution in [0.1, 0.15) is 22.3 Å². The summed E-state index contributed by atoms with van der Waals surface area (Å²) in [7, 11) is 0. The molecule has 0 saturated carbocycles. The summed E-state index contributed by atoms with van der Waals surface area (Å²) in [5, 5.41) is 7.64. The van der Waals surface area contributed by atoms with Crippen molar-refractivity contribution in [2.75, 3.05) is 4.90 Å². The van der Waals surface area contributed by atoms with E-state index in [0.717, 1.165) is 22.6 Å². The molecule has 2 aromatic heterocycles. The van der Waals surface area contributed by atoms with E-state index in [9.17, 15) is 0 Å². The van der Waals surface area contributed by atoms with Crippen molar-refractivity contribution in [2.45, 2.75) is 5.41 Å². The number of aromatic nitrogens is 1. The van der Waals surface area contributed by atoms with E-state index in [0.29, 0.717) is 0 Å². The van der Waals surface area contributed by atoms with Gasteiger partial charge in [-0.3, -0.25) is 0 Å². The molecule has 12 aromatic carbocycles. The first-order valence-corrected chi connectivity index (χ1v) is 26.4. The molecule has 14 aromatic rings. The summed E-state index contributed by atoms with van der Waals surface area (Å²) >= 11 is 1.88. The van der Waals surface area contributed by atoms with Crippen molar-refractivity contribution in [1.82, 2.24) is 4.57 Å². The maximum atomic E-state index is 2.56. The number of anilines is 3. The molecule has 0 fully saturated rings. The number of fused-ring (bicyclic) bond motifs is 16. The Balaban J connectivity index is 0.972. The molecule has 2 nitrogen and oxygen atoms in total. The zero-order valence-electron chi connectivity index (χ0n) is 40.2. The van der Waals surface area contributed by atoms with Crippen LogP contribution < -0.4 is 4.90 Å². The van der Waals surface area contributed by atoms with Gasteiger partial charge in [0.25, 0.3) is 0 Å². The smallest absolute Gasteiger partial charge is 0.0755 e. The van der Waals surface area contributed by atoms with E-state index in [1.54, 1.807) is 0 Å². The number of hydrogen-bond donors (Lipinski definition) is 0. The SMILES string of the molecule is c1ccc(-c2cccc3ccccc23)c(-c2ccccc2N(c2ccc(-c3cccc4c3sc3ccccc34)cc2)c2cccc3c2-c2ccccc2C32c3ccccc3-n3c4ccccc4c4cccc2c43)c1. The normalized spacial score (nSPS) is 14.3. The van der Waals surface area contributed by atoms with E-state index in [1.165, 1.54) is 120 Å². The van der Waals surface area contributed by atoms with E-state index in [2.05, 4.69) is 276 Å².